The first kappa shape index (κ1) is 24.1. The highest BCUT2D eigenvalue weighted by Gasteiger charge is 2.42. The molecule has 7 nitrogen and oxygen atoms in total. The van der Waals surface area contributed by atoms with Crippen LogP contribution in [0, 0.1) is 0 Å². The third kappa shape index (κ3) is 4.38. The van der Waals surface area contributed by atoms with Crippen molar-refractivity contribution in [2.75, 3.05) is 32.8 Å². The Morgan fingerprint density at radius 3 is 2.59 bits per heavy atom. The molecule has 1 atom stereocenters. The van der Waals surface area contributed by atoms with Gasteiger partial charge in [0, 0.05) is 11.6 Å². The molecule has 1 amide bonds. The average Bonchev–Trinajstić information content (AvgIpc) is 3.11. The van der Waals surface area contributed by atoms with E-state index in [1.54, 1.807) is 35.2 Å². The predicted molar refractivity (Wildman–Crippen MR) is 132 cm³/mol. The summed E-state index contributed by atoms with van der Waals surface area (Å²) in [6.07, 6.45) is 0.744. The highest BCUT2D eigenvalue weighted by molar-refractivity contribution is 6.31. The number of amides is 1. The molecule has 0 saturated carbocycles. The highest BCUT2D eigenvalue weighted by atomic mass is 35.5. The van der Waals surface area contributed by atoms with Crippen LogP contribution >= 0.6 is 11.6 Å². The summed E-state index contributed by atoms with van der Waals surface area (Å²) >= 11 is 6.14. The Bertz CT molecular complexity index is 1270. The first-order chi connectivity index (χ1) is 16.4. The van der Waals surface area contributed by atoms with E-state index in [0.29, 0.717) is 40.5 Å². The molecule has 1 aliphatic rings. The molecule has 0 bridgehead atoms. The molecule has 2 aromatic carbocycles. The summed E-state index contributed by atoms with van der Waals surface area (Å²) < 4.78 is 11.5. The molecule has 0 fully saturated rings. The molecule has 0 spiro atoms. The van der Waals surface area contributed by atoms with Crippen LogP contribution in [0.15, 0.2) is 45.6 Å². The maximum absolute atomic E-state index is 13.6. The highest BCUT2D eigenvalue weighted by Crippen LogP contribution is 2.41. The summed E-state index contributed by atoms with van der Waals surface area (Å²) in [7, 11) is 0. The zero-order valence-electron chi connectivity index (χ0n) is 19.6. The van der Waals surface area contributed by atoms with Crippen molar-refractivity contribution in [3.05, 3.63) is 68.5 Å². The van der Waals surface area contributed by atoms with Gasteiger partial charge in [0.25, 0.3) is 5.91 Å². The van der Waals surface area contributed by atoms with E-state index in [9.17, 15) is 14.7 Å². The molecule has 8 heteroatoms. The molecule has 2 heterocycles. The Balaban J connectivity index is 1.83. The van der Waals surface area contributed by atoms with Gasteiger partial charge in [-0.25, -0.2) is 0 Å². The van der Waals surface area contributed by atoms with Gasteiger partial charge in [0.1, 0.15) is 5.58 Å². The minimum Gasteiger partial charge on any atom is -0.504 e. The molecular weight excluding hydrogens is 456 g/mol. The quantitative estimate of drug-likeness (QED) is 0.468. The van der Waals surface area contributed by atoms with E-state index in [1.165, 1.54) is 6.07 Å². The molecule has 1 aromatic heterocycles. The second kappa shape index (κ2) is 10.1. The Morgan fingerprint density at radius 2 is 1.88 bits per heavy atom. The van der Waals surface area contributed by atoms with Crippen molar-refractivity contribution in [2.45, 2.75) is 33.2 Å². The number of carbonyl (C=O) groups is 1. The molecule has 0 unspecified atom stereocenters. The lowest BCUT2D eigenvalue weighted by atomic mass is 9.98. The van der Waals surface area contributed by atoms with Gasteiger partial charge in [-0.3, -0.25) is 9.59 Å². The van der Waals surface area contributed by atoms with Gasteiger partial charge in [-0.15, -0.1) is 0 Å². The summed E-state index contributed by atoms with van der Waals surface area (Å²) in [5.74, 6) is 0.0380. The maximum atomic E-state index is 13.6. The molecule has 0 saturated heterocycles. The number of ether oxygens (including phenoxy) is 1. The molecule has 1 aliphatic heterocycles. The maximum Gasteiger partial charge on any atom is 0.290 e. The van der Waals surface area contributed by atoms with Crippen molar-refractivity contribution in [2.24, 2.45) is 0 Å². The number of halogens is 1. The lowest BCUT2D eigenvalue weighted by molar-refractivity contribution is 0.0720. The van der Waals surface area contributed by atoms with Crippen molar-refractivity contribution in [1.82, 2.24) is 9.80 Å². The zero-order chi connectivity index (χ0) is 24.4. The van der Waals surface area contributed by atoms with E-state index in [-0.39, 0.29) is 28.4 Å². The number of benzene rings is 2. The van der Waals surface area contributed by atoms with Crippen molar-refractivity contribution < 1.29 is 19.1 Å². The zero-order valence-corrected chi connectivity index (χ0v) is 20.4. The number of phenolic OH excluding ortho intramolecular Hbond substituents is 1. The van der Waals surface area contributed by atoms with Crippen LogP contribution in [0.4, 0.5) is 0 Å². The monoisotopic (exact) mass is 484 g/mol. The Labute approximate surface area is 203 Å². The van der Waals surface area contributed by atoms with Gasteiger partial charge in [-0.1, -0.05) is 31.5 Å². The number of phenols is 1. The first-order valence-electron chi connectivity index (χ1n) is 11.6. The fourth-order valence-electron chi connectivity index (χ4n) is 4.55. The van der Waals surface area contributed by atoms with Crippen LogP contribution < -0.4 is 10.2 Å². The second-order valence-corrected chi connectivity index (χ2v) is 8.69. The predicted octanol–water partition coefficient (Wildman–Crippen LogP) is 4.83. The summed E-state index contributed by atoms with van der Waals surface area (Å²) in [6.45, 7) is 9.54. The Morgan fingerprint density at radius 1 is 1.12 bits per heavy atom. The van der Waals surface area contributed by atoms with Crippen LogP contribution in [0.3, 0.4) is 0 Å². The molecule has 4 rings (SSSR count). The van der Waals surface area contributed by atoms with Gasteiger partial charge in [-0.05, 0) is 68.9 Å². The SMILES string of the molecule is CCOc1cc([C@@H]2c3c(oc4ccc(Cl)cc4c3=O)C(=O)N2CCCN(CC)CC)ccc1O. The normalized spacial score (nSPS) is 15.4. The molecule has 3 aromatic rings. The standard InChI is InChI=1S/C26H29ClN2O5/c1-4-28(5-2)12-7-13-29-23(16-8-10-19(30)21(14-16)33-6-3)22-24(31)18-15-17(27)9-11-20(18)34-25(22)26(29)32/h8-11,14-15,23,30H,4-7,12-13H2,1-3H3/t23-/m1/s1. The van der Waals surface area contributed by atoms with Crippen LogP contribution in [0.5, 0.6) is 11.5 Å². The molecule has 0 aliphatic carbocycles. The molecule has 0 radical (unpaired) electrons. The van der Waals surface area contributed by atoms with E-state index < -0.39 is 6.04 Å². The third-order valence-corrected chi connectivity index (χ3v) is 6.53. The van der Waals surface area contributed by atoms with E-state index in [0.717, 1.165) is 26.1 Å². The van der Waals surface area contributed by atoms with Gasteiger partial charge in [0.05, 0.1) is 23.6 Å². The smallest absolute Gasteiger partial charge is 0.290 e. The van der Waals surface area contributed by atoms with Crippen molar-refractivity contribution >= 4 is 28.5 Å². The van der Waals surface area contributed by atoms with Crippen molar-refractivity contribution in [3.63, 3.8) is 0 Å². The first-order valence-corrected chi connectivity index (χ1v) is 12.0. The van der Waals surface area contributed by atoms with E-state index in [1.807, 2.05) is 6.92 Å². The number of hydrogen-bond donors (Lipinski definition) is 1. The van der Waals surface area contributed by atoms with E-state index >= 15 is 0 Å². The van der Waals surface area contributed by atoms with Crippen molar-refractivity contribution in [1.29, 1.82) is 0 Å². The van der Waals surface area contributed by atoms with Gasteiger partial charge in [0.15, 0.2) is 16.9 Å². The number of rotatable bonds is 9. The number of fused-ring (bicyclic) bond motifs is 2. The fourth-order valence-corrected chi connectivity index (χ4v) is 4.72. The largest absolute Gasteiger partial charge is 0.504 e. The number of aromatic hydroxyl groups is 1. The van der Waals surface area contributed by atoms with Gasteiger partial charge < -0.3 is 24.1 Å². The Hall–Kier alpha value is -3.03. The molecule has 180 valence electrons. The average molecular weight is 485 g/mol. The minimum atomic E-state index is -0.654. The molecule has 34 heavy (non-hydrogen) atoms. The number of hydrogen-bond acceptors (Lipinski definition) is 6. The lowest BCUT2D eigenvalue weighted by Crippen LogP contribution is -2.33. The minimum absolute atomic E-state index is 0.000517. The van der Waals surface area contributed by atoms with Crippen LogP contribution in [-0.2, 0) is 0 Å². The molecule has 1 N–H and O–H groups in total. The van der Waals surface area contributed by atoms with E-state index in [4.69, 9.17) is 20.8 Å². The Kier molecular flexibility index (Phi) is 7.14. The summed E-state index contributed by atoms with van der Waals surface area (Å²) in [5, 5.41) is 10.9. The number of carbonyl (C=O) groups excluding carboxylic acids is 1. The summed E-state index contributed by atoms with van der Waals surface area (Å²) in [6, 6.07) is 9.07. The fraction of sp³-hybridized carbons (Fsp3) is 0.385. The van der Waals surface area contributed by atoms with Gasteiger partial charge in [-0.2, -0.15) is 0 Å². The van der Waals surface area contributed by atoms with Crippen LogP contribution in [0.1, 0.15) is 54.9 Å². The van der Waals surface area contributed by atoms with Crippen LogP contribution in [0.25, 0.3) is 11.0 Å². The third-order valence-electron chi connectivity index (χ3n) is 6.29. The van der Waals surface area contributed by atoms with Crippen molar-refractivity contribution in [3.8, 4) is 11.5 Å². The number of nitrogens with zero attached hydrogens (tertiary/aromatic N) is 2. The van der Waals surface area contributed by atoms with Gasteiger partial charge >= 0.3 is 0 Å². The lowest BCUT2D eigenvalue weighted by Gasteiger charge is -2.27. The summed E-state index contributed by atoms with van der Waals surface area (Å²) in [4.78, 5) is 31.1. The summed E-state index contributed by atoms with van der Waals surface area (Å²) in [5.41, 5.74) is 1.00. The van der Waals surface area contributed by atoms with Crippen LogP contribution in [0.2, 0.25) is 5.02 Å². The van der Waals surface area contributed by atoms with Gasteiger partial charge in [0.2, 0.25) is 5.76 Å². The second-order valence-electron chi connectivity index (χ2n) is 8.26. The molecular formula is C26H29ClN2O5. The topological polar surface area (TPSA) is 83.2 Å². The van der Waals surface area contributed by atoms with Crippen LogP contribution in [-0.4, -0.2) is 53.6 Å². The van der Waals surface area contributed by atoms with E-state index in [2.05, 4.69) is 18.7 Å².